The maximum Gasteiger partial charge on any atom is 0.308 e. The Labute approximate surface area is 90.5 Å². The lowest BCUT2D eigenvalue weighted by Crippen LogP contribution is -2.49. The lowest BCUT2D eigenvalue weighted by molar-refractivity contribution is -0.146. The number of rotatable bonds is 4. The van der Waals surface area contributed by atoms with Crippen molar-refractivity contribution in [1.82, 2.24) is 4.90 Å². The summed E-state index contributed by atoms with van der Waals surface area (Å²) in [7, 11) is 1.39. The van der Waals surface area contributed by atoms with E-state index in [2.05, 4.69) is 16.6 Å². The number of carbonyl (C=O) groups is 1. The first-order valence-electron chi connectivity index (χ1n) is 5.30. The first-order valence-corrected chi connectivity index (χ1v) is 5.30. The third-order valence-electron chi connectivity index (χ3n) is 2.76. The van der Waals surface area contributed by atoms with Gasteiger partial charge in [-0.1, -0.05) is 0 Å². The fourth-order valence-corrected chi connectivity index (χ4v) is 1.68. The molecule has 2 unspecified atom stereocenters. The van der Waals surface area contributed by atoms with E-state index in [1.165, 1.54) is 7.11 Å². The van der Waals surface area contributed by atoms with Crippen molar-refractivity contribution >= 4 is 5.97 Å². The molecule has 2 atom stereocenters. The number of hydrogen-bond acceptors (Lipinski definition) is 5. The van der Waals surface area contributed by atoms with Crippen molar-refractivity contribution in [2.75, 3.05) is 33.4 Å². The van der Waals surface area contributed by atoms with Gasteiger partial charge in [-0.2, -0.15) is 0 Å². The van der Waals surface area contributed by atoms with E-state index >= 15 is 0 Å². The molecule has 1 heterocycles. The summed E-state index contributed by atoms with van der Waals surface area (Å²) in [5, 5.41) is 0. The average Bonchev–Trinajstić information content (AvgIpc) is 2.28. The van der Waals surface area contributed by atoms with Gasteiger partial charge in [0.15, 0.2) is 0 Å². The van der Waals surface area contributed by atoms with Gasteiger partial charge < -0.3 is 15.2 Å². The highest BCUT2D eigenvalue weighted by Crippen LogP contribution is 2.11. The van der Waals surface area contributed by atoms with Crippen molar-refractivity contribution < 1.29 is 14.3 Å². The van der Waals surface area contributed by atoms with E-state index in [4.69, 9.17) is 10.5 Å². The molecule has 1 rings (SSSR count). The molecule has 0 bridgehead atoms. The van der Waals surface area contributed by atoms with Crippen LogP contribution >= 0.6 is 0 Å². The Hall–Kier alpha value is -0.650. The normalized spacial score (nSPS) is 24.9. The van der Waals surface area contributed by atoms with Crippen LogP contribution in [0.15, 0.2) is 0 Å². The van der Waals surface area contributed by atoms with Gasteiger partial charge in [0.2, 0.25) is 0 Å². The van der Waals surface area contributed by atoms with Crippen LogP contribution in [0.5, 0.6) is 0 Å². The molecule has 0 aromatic carbocycles. The Morgan fingerprint density at radius 1 is 1.73 bits per heavy atom. The minimum absolute atomic E-state index is 0.0554. The van der Waals surface area contributed by atoms with E-state index in [1.807, 2.05) is 0 Å². The van der Waals surface area contributed by atoms with Crippen LogP contribution < -0.4 is 5.73 Å². The summed E-state index contributed by atoms with van der Waals surface area (Å²) in [6.07, 6.45) is 0.268. The van der Waals surface area contributed by atoms with Gasteiger partial charge in [0, 0.05) is 25.7 Å². The van der Waals surface area contributed by atoms with Gasteiger partial charge in [0.1, 0.15) is 0 Å². The van der Waals surface area contributed by atoms with Gasteiger partial charge >= 0.3 is 5.97 Å². The molecule has 88 valence electrons. The summed E-state index contributed by atoms with van der Waals surface area (Å²) >= 11 is 0. The largest absolute Gasteiger partial charge is 0.469 e. The van der Waals surface area contributed by atoms with Crippen LogP contribution in [0.4, 0.5) is 0 Å². The smallest absolute Gasteiger partial charge is 0.308 e. The van der Waals surface area contributed by atoms with Crippen LogP contribution in [0.3, 0.4) is 0 Å². The molecule has 2 N–H and O–H groups in total. The lowest BCUT2D eigenvalue weighted by Gasteiger charge is -2.36. The molecule has 0 amide bonds. The number of ether oxygens (including phenoxy) is 2. The summed E-state index contributed by atoms with van der Waals surface area (Å²) in [6.45, 7) is 5.01. The third kappa shape index (κ3) is 3.77. The van der Waals surface area contributed by atoms with Crippen LogP contribution in [-0.2, 0) is 14.3 Å². The Morgan fingerprint density at radius 2 is 2.47 bits per heavy atom. The number of methoxy groups -OCH3 is 1. The number of carbonyl (C=O) groups excluding carboxylic acids is 1. The number of morpholine rings is 1. The van der Waals surface area contributed by atoms with Crippen molar-refractivity contribution in [1.29, 1.82) is 0 Å². The first kappa shape index (κ1) is 12.4. The number of nitrogens with two attached hydrogens (primary N) is 1. The second kappa shape index (κ2) is 6.05. The molecule has 0 aliphatic carbocycles. The predicted molar refractivity (Wildman–Crippen MR) is 56.5 cm³/mol. The van der Waals surface area contributed by atoms with E-state index in [1.54, 1.807) is 0 Å². The van der Waals surface area contributed by atoms with Crippen molar-refractivity contribution in [2.45, 2.75) is 25.5 Å². The molecule has 0 aromatic rings. The molecular weight excluding hydrogens is 196 g/mol. The fourth-order valence-electron chi connectivity index (χ4n) is 1.68. The predicted octanol–water partition coefficient (Wildman–Crippen LogP) is -0.402. The Bertz CT molecular complexity index is 211. The summed E-state index contributed by atoms with van der Waals surface area (Å²) in [5.74, 6) is -0.220. The molecule has 0 spiro atoms. The fraction of sp³-hybridized carbons (Fsp3) is 0.900. The highest BCUT2D eigenvalue weighted by Gasteiger charge is 2.25. The minimum atomic E-state index is -0.220. The van der Waals surface area contributed by atoms with E-state index in [0.29, 0.717) is 25.6 Å². The maximum absolute atomic E-state index is 11.1. The van der Waals surface area contributed by atoms with E-state index < -0.39 is 0 Å². The van der Waals surface area contributed by atoms with Crippen molar-refractivity contribution in [3.63, 3.8) is 0 Å². The quantitative estimate of drug-likeness (QED) is 0.648. The van der Waals surface area contributed by atoms with Crippen LogP contribution in [0.25, 0.3) is 0 Å². The second-order valence-corrected chi connectivity index (χ2v) is 3.85. The highest BCUT2D eigenvalue weighted by molar-refractivity contribution is 5.69. The van der Waals surface area contributed by atoms with E-state index in [-0.39, 0.29) is 12.1 Å². The molecule has 1 aliphatic heterocycles. The van der Waals surface area contributed by atoms with Crippen LogP contribution in [-0.4, -0.2) is 56.4 Å². The third-order valence-corrected chi connectivity index (χ3v) is 2.76. The maximum atomic E-state index is 11.1. The molecule has 0 radical (unpaired) electrons. The van der Waals surface area contributed by atoms with E-state index in [0.717, 1.165) is 13.1 Å². The van der Waals surface area contributed by atoms with E-state index in [9.17, 15) is 4.79 Å². The molecule has 0 saturated carbocycles. The van der Waals surface area contributed by atoms with Gasteiger partial charge in [-0.15, -0.1) is 0 Å². The Kier molecular flexibility index (Phi) is 5.01. The zero-order valence-corrected chi connectivity index (χ0v) is 9.44. The van der Waals surface area contributed by atoms with Gasteiger partial charge in [-0.25, -0.2) is 0 Å². The van der Waals surface area contributed by atoms with Crippen LogP contribution in [0.1, 0.15) is 13.3 Å². The first-order chi connectivity index (χ1) is 7.17. The average molecular weight is 216 g/mol. The summed E-state index contributed by atoms with van der Waals surface area (Å²) < 4.78 is 10.1. The minimum Gasteiger partial charge on any atom is -0.469 e. The summed E-state index contributed by atoms with van der Waals surface area (Å²) in [4.78, 5) is 13.3. The zero-order chi connectivity index (χ0) is 11.3. The zero-order valence-electron chi connectivity index (χ0n) is 9.44. The lowest BCUT2D eigenvalue weighted by atomic mass is 10.1. The number of hydrogen-bond donors (Lipinski definition) is 1. The SMILES string of the molecule is COC(=O)CC1CN(C(C)CN)CCO1. The highest BCUT2D eigenvalue weighted by atomic mass is 16.5. The molecule has 1 saturated heterocycles. The Morgan fingerprint density at radius 3 is 3.07 bits per heavy atom. The molecule has 1 fully saturated rings. The Balaban J connectivity index is 2.38. The molecule has 5 heteroatoms. The van der Waals surface area contributed by atoms with Crippen LogP contribution in [0.2, 0.25) is 0 Å². The number of esters is 1. The van der Waals surface area contributed by atoms with Gasteiger partial charge in [0.05, 0.1) is 26.2 Å². The molecular formula is C10H20N2O3. The monoisotopic (exact) mass is 216 g/mol. The second-order valence-electron chi connectivity index (χ2n) is 3.85. The van der Waals surface area contributed by atoms with Gasteiger partial charge in [-0.05, 0) is 6.92 Å². The standard InChI is InChI=1S/C10H20N2O3/c1-8(6-11)12-3-4-15-9(7-12)5-10(13)14-2/h8-9H,3-7,11H2,1-2H3. The molecule has 5 nitrogen and oxygen atoms in total. The molecule has 15 heavy (non-hydrogen) atoms. The van der Waals surface area contributed by atoms with Crippen molar-refractivity contribution in [3.05, 3.63) is 0 Å². The summed E-state index contributed by atoms with van der Waals surface area (Å²) in [5.41, 5.74) is 5.60. The van der Waals surface area contributed by atoms with Gasteiger partial charge in [-0.3, -0.25) is 9.69 Å². The molecule has 1 aliphatic rings. The van der Waals surface area contributed by atoms with Gasteiger partial charge in [0.25, 0.3) is 0 Å². The number of nitrogens with zero attached hydrogens (tertiary/aromatic N) is 1. The van der Waals surface area contributed by atoms with Crippen LogP contribution in [0, 0.1) is 0 Å². The van der Waals surface area contributed by atoms with Crippen molar-refractivity contribution in [2.24, 2.45) is 5.73 Å². The topological polar surface area (TPSA) is 64.8 Å². The summed E-state index contributed by atoms with van der Waals surface area (Å²) in [6, 6.07) is 0.342. The van der Waals surface area contributed by atoms with Crippen molar-refractivity contribution in [3.8, 4) is 0 Å². The molecule has 0 aromatic heterocycles.